The maximum absolute atomic E-state index is 11.2. The summed E-state index contributed by atoms with van der Waals surface area (Å²) in [5.74, 6) is 0.751. The second-order valence-electron chi connectivity index (χ2n) is 6.83. The number of hydrogen-bond acceptors (Lipinski definition) is 5. The number of likely N-dealkylation sites (tertiary alicyclic amines) is 1. The second-order valence-corrected chi connectivity index (χ2v) is 8.11. The van der Waals surface area contributed by atoms with Crippen molar-refractivity contribution in [3.05, 3.63) is 15.6 Å². The topological polar surface area (TPSA) is 95.6 Å². The van der Waals surface area contributed by atoms with E-state index in [1.807, 2.05) is 6.92 Å². The number of aliphatic imine (C=N–C) groups is 1. The predicted molar refractivity (Wildman–Crippen MR) is 107 cm³/mol. The van der Waals surface area contributed by atoms with Crippen LogP contribution in [0.4, 0.5) is 0 Å². The fraction of sp³-hybridized carbons (Fsp3) is 0.722. The van der Waals surface area contributed by atoms with E-state index in [-0.39, 0.29) is 11.8 Å². The minimum absolute atomic E-state index is 0.0766. The van der Waals surface area contributed by atoms with Crippen LogP contribution >= 0.6 is 11.3 Å². The third-order valence-electron chi connectivity index (χ3n) is 4.89. The Morgan fingerprint density at radius 2 is 2.04 bits per heavy atom. The van der Waals surface area contributed by atoms with Crippen LogP contribution in [0.3, 0.4) is 0 Å². The van der Waals surface area contributed by atoms with Gasteiger partial charge in [-0.25, -0.2) is 4.98 Å². The molecule has 1 amide bonds. The highest BCUT2D eigenvalue weighted by atomic mass is 32.1. The van der Waals surface area contributed by atoms with Gasteiger partial charge in [-0.2, -0.15) is 0 Å². The lowest BCUT2D eigenvalue weighted by Gasteiger charge is -2.30. The van der Waals surface area contributed by atoms with Crippen molar-refractivity contribution in [1.29, 1.82) is 0 Å². The van der Waals surface area contributed by atoms with Gasteiger partial charge in [-0.05, 0) is 59.2 Å². The van der Waals surface area contributed by atoms with Gasteiger partial charge in [0.1, 0.15) is 5.01 Å². The number of nitrogens with zero attached hydrogens (tertiary/aromatic N) is 3. The quantitative estimate of drug-likeness (QED) is 0.360. The van der Waals surface area contributed by atoms with Gasteiger partial charge >= 0.3 is 0 Å². The molecule has 1 aromatic heterocycles. The first-order chi connectivity index (χ1) is 12.5. The Balaban J connectivity index is 1.56. The molecule has 0 spiro atoms. The molecule has 7 nitrogen and oxygen atoms in total. The Bertz CT molecular complexity index is 587. The molecule has 146 valence electrons. The predicted octanol–water partition coefficient (Wildman–Crippen LogP) is 1.40. The number of nitrogens with two attached hydrogens (primary N) is 1. The van der Waals surface area contributed by atoms with Crippen LogP contribution in [0.5, 0.6) is 0 Å². The maximum Gasteiger partial charge on any atom is 0.220 e. The Morgan fingerprint density at radius 3 is 2.62 bits per heavy atom. The minimum atomic E-state index is -0.143. The molecule has 1 saturated heterocycles. The normalized spacial score (nSPS) is 16.7. The number of rotatable bonds is 8. The first-order valence-corrected chi connectivity index (χ1v) is 10.2. The molecule has 4 N–H and O–H groups in total. The number of aryl methyl sites for hydroxylation is 2. The number of carbonyl (C=O) groups excluding carboxylic acids is 1. The van der Waals surface area contributed by atoms with Gasteiger partial charge in [0.05, 0.1) is 12.2 Å². The molecule has 1 aliphatic rings. The molecule has 1 fully saturated rings. The minimum Gasteiger partial charge on any atom is -0.369 e. The highest BCUT2D eigenvalue weighted by Gasteiger charge is 2.22. The largest absolute Gasteiger partial charge is 0.369 e. The summed E-state index contributed by atoms with van der Waals surface area (Å²) in [6.45, 7) is 8.78. The molecule has 0 bridgehead atoms. The van der Waals surface area contributed by atoms with Crippen molar-refractivity contribution in [2.24, 2.45) is 16.6 Å². The first kappa shape index (κ1) is 20.6. The fourth-order valence-corrected chi connectivity index (χ4v) is 3.98. The van der Waals surface area contributed by atoms with Gasteiger partial charge in [-0.1, -0.05) is 0 Å². The summed E-state index contributed by atoms with van der Waals surface area (Å²) in [7, 11) is 1.79. The smallest absolute Gasteiger partial charge is 0.220 e. The molecule has 2 rings (SSSR count). The van der Waals surface area contributed by atoms with Gasteiger partial charge in [0.2, 0.25) is 5.91 Å². The van der Waals surface area contributed by atoms with Crippen LogP contribution in [0.1, 0.15) is 41.3 Å². The monoisotopic (exact) mass is 380 g/mol. The second kappa shape index (κ2) is 10.5. The molecule has 0 radical (unpaired) electrons. The van der Waals surface area contributed by atoms with Gasteiger partial charge in [0.25, 0.3) is 0 Å². The highest BCUT2D eigenvalue weighted by molar-refractivity contribution is 7.11. The van der Waals surface area contributed by atoms with Gasteiger partial charge in [-0.3, -0.25) is 9.79 Å². The van der Waals surface area contributed by atoms with E-state index in [0.29, 0.717) is 6.54 Å². The van der Waals surface area contributed by atoms with Crippen molar-refractivity contribution in [2.45, 2.75) is 46.1 Å². The Labute approximate surface area is 160 Å². The number of piperidine rings is 1. The summed E-state index contributed by atoms with van der Waals surface area (Å²) in [5.41, 5.74) is 6.48. The summed E-state index contributed by atoms with van der Waals surface area (Å²) in [4.78, 5) is 23.7. The van der Waals surface area contributed by atoms with Gasteiger partial charge < -0.3 is 21.3 Å². The molecule has 26 heavy (non-hydrogen) atoms. The summed E-state index contributed by atoms with van der Waals surface area (Å²) in [6.07, 6.45) is 4.03. The fourth-order valence-electron chi connectivity index (χ4n) is 3.10. The van der Waals surface area contributed by atoms with Crippen molar-refractivity contribution in [3.8, 4) is 0 Å². The standard InChI is InChI=1S/C18H32N6OS/c1-13-14(2)26-16(23-13)12-22-18(20-3)21-8-4-5-9-24-10-6-15(7-11-24)17(19)25/h15H,4-12H2,1-3H3,(H2,19,25)(H2,20,21,22). The van der Waals surface area contributed by atoms with Gasteiger partial charge in [0, 0.05) is 24.4 Å². The first-order valence-electron chi connectivity index (χ1n) is 9.38. The van der Waals surface area contributed by atoms with E-state index in [4.69, 9.17) is 5.73 Å². The molecule has 1 aromatic rings. The number of hydrogen-bond donors (Lipinski definition) is 3. The van der Waals surface area contributed by atoms with E-state index in [9.17, 15) is 4.79 Å². The Morgan fingerprint density at radius 1 is 1.31 bits per heavy atom. The Hall–Kier alpha value is -1.67. The van der Waals surface area contributed by atoms with Crippen molar-refractivity contribution in [1.82, 2.24) is 20.5 Å². The number of nitrogens with one attached hydrogen (secondary N) is 2. The molecule has 1 aliphatic heterocycles. The number of amides is 1. The molecule has 0 unspecified atom stereocenters. The highest BCUT2D eigenvalue weighted by Crippen LogP contribution is 2.17. The number of unbranched alkanes of at least 4 members (excludes halogenated alkanes) is 1. The lowest BCUT2D eigenvalue weighted by Crippen LogP contribution is -2.39. The van der Waals surface area contributed by atoms with Gasteiger partial charge in [-0.15, -0.1) is 11.3 Å². The van der Waals surface area contributed by atoms with E-state index in [0.717, 1.165) is 68.5 Å². The van der Waals surface area contributed by atoms with Crippen LogP contribution in [0, 0.1) is 19.8 Å². The molecular formula is C18H32N6OS. The average Bonchev–Trinajstić information content (AvgIpc) is 2.95. The van der Waals surface area contributed by atoms with Crippen molar-refractivity contribution >= 4 is 23.2 Å². The molecule has 2 heterocycles. The zero-order valence-corrected chi connectivity index (χ0v) is 17.0. The van der Waals surface area contributed by atoms with Crippen LogP contribution in [0.2, 0.25) is 0 Å². The zero-order chi connectivity index (χ0) is 18.9. The average molecular weight is 381 g/mol. The van der Waals surface area contributed by atoms with E-state index < -0.39 is 0 Å². The van der Waals surface area contributed by atoms with Crippen molar-refractivity contribution in [3.63, 3.8) is 0 Å². The Kier molecular flexibility index (Phi) is 8.31. The lowest BCUT2D eigenvalue weighted by atomic mass is 9.96. The maximum atomic E-state index is 11.2. The van der Waals surface area contributed by atoms with E-state index in [2.05, 4.69) is 32.4 Å². The molecular weight excluding hydrogens is 348 g/mol. The zero-order valence-electron chi connectivity index (χ0n) is 16.2. The third kappa shape index (κ3) is 6.57. The van der Waals surface area contributed by atoms with E-state index in [1.54, 1.807) is 18.4 Å². The van der Waals surface area contributed by atoms with Crippen LogP contribution in [0.15, 0.2) is 4.99 Å². The summed E-state index contributed by atoms with van der Waals surface area (Å²) in [5, 5.41) is 7.76. The van der Waals surface area contributed by atoms with Crippen LogP contribution in [0.25, 0.3) is 0 Å². The summed E-state index contributed by atoms with van der Waals surface area (Å²) in [6, 6.07) is 0. The van der Waals surface area contributed by atoms with Gasteiger partial charge in [0.15, 0.2) is 5.96 Å². The van der Waals surface area contributed by atoms with Crippen LogP contribution < -0.4 is 16.4 Å². The number of primary amides is 1. The number of thiazole rings is 1. The van der Waals surface area contributed by atoms with E-state index in [1.165, 1.54) is 4.88 Å². The third-order valence-corrected chi connectivity index (χ3v) is 5.96. The molecule has 0 aromatic carbocycles. The SMILES string of the molecule is CN=C(NCCCCN1CCC(C(N)=O)CC1)NCc1nc(C)c(C)s1. The molecule has 0 saturated carbocycles. The van der Waals surface area contributed by atoms with Crippen LogP contribution in [-0.2, 0) is 11.3 Å². The van der Waals surface area contributed by atoms with Crippen molar-refractivity contribution < 1.29 is 4.79 Å². The molecule has 8 heteroatoms. The number of aromatic nitrogens is 1. The van der Waals surface area contributed by atoms with E-state index >= 15 is 0 Å². The van der Waals surface area contributed by atoms with Crippen molar-refractivity contribution in [2.75, 3.05) is 33.2 Å². The number of guanidine groups is 1. The number of carbonyl (C=O) groups is 1. The lowest BCUT2D eigenvalue weighted by molar-refractivity contribution is -0.123. The molecule has 0 aliphatic carbocycles. The molecule has 0 atom stereocenters. The van der Waals surface area contributed by atoms with Crippen LogP contribution in [-0.4, -0.2) is 55.0 Å². The summed E-state index contributed by atoms with van der Waals surface area (Å²) >= 11 is 1.73. The summed E-state index contributed by atoms with van der Waals surface area (Å²) < 4.78 is 0.